The van der Waals surface area contributed by atoms with Crippen LogP contribution < -0.4 is 10.1 Å². The maximum atomic E-state index is 12.6. The standard InChI is InChI=1S/C21H20N4O2/c1-25-19(9-10-23-25)17-12-15(7-8-20(17)27-2)24-21(26)11-14-13-22-18-6-4-3-5-16(14)18/h3-10,12-13,22H,11H2,1-2H3,(H,24,26). The third-order valence-electron chi connectivity index (χ3n) is 4.61. The molecule has 0 aliphatic carbocycles. The van der Waals surface area contributed by atoms with Gasteiger partial charge in [-0.3, -0.25) is 9.48 Å². The molecule has 136 valence electrons. The molecule has 0 saturated heterocycles. The van der Waals surface area contributed by atoms with Crippen LogP contribution in [0, 0.1) is 0 Å². The summed E-state index contributed by atoms with van der Waals surface area (Å²) in [6.07, 6.45) is 3.92. The van der Waals surface area contributed by atoms with E-state index < -0.39 is 0 Å². The SMILES string of the molecule is COc1ccc(NC(=O)Cc2c[nH]c3ccccc23)cc1-c1ccnn1C. The van der Waals surface area contributed by atoms with Gasteiger partial charge in [-0.25, -0.2) is 0 Å². The number of methoxy groups -OCH3 is 1. The van der Waals surface area contributed by atoms with Crippen molar-refractivity contribution in [1.82, 2.24) is 14.8 Å². The molecule has 0 aliphatic rings. The van der Waals surface area contributed by atoms with Crippen LogP contribution in [-0.4, -0.2) is 27.8 Å². The van der Waals surface area contributed by atoms with E-state index in [1.807, 2.05) is 61.8 Å². The molecule has 2 aromatic heterocycles. The van der Waals surface area contributed by atoms with Gasteiger partial charge in [-0.2, -0.15) is 5.10 Å². The molecule has 6 nitrogen and oxygen atoms in total. The Hall–Kier alpha value is -3.54. The number of benzene rings is 2. The van der Waals surface area contributed by atoms with Gasteiger partial charge in [0.1, 0.15) is 5.75 Å². The number of para-hydroxylation sites is 1. The lowest BCUT2D eigenvalue weighted by molar-refractivity contribution is -0.115. The van der Waals surface area contributed by atoms with E-state index in [2.05, 4.69) is 15.4 Å². The van der Waals surface area contributed by atoms with Gasteiger partial charge < -0.3 is 15.0 Å². The molecule has 0 atom stereocenters. The van der Waals surface area contributed by atoms with Crippen molar-refractivity contribution in [2.45, 2.75) is 6.42 Å². The molecule has 0 radical (unpaired) electrons. The van der Waals surface area contributed by atoms with E-state index in [0.29, 0.717) is 6.42 Å². The Bertz CT molecular complexity index is 1110. The maximum absolute atomic E-state index is 12.6. The Morgan fingerprint density at radius 2 is 2.07 bits per heavy atom. The van der Waals surface area contributed by atoms with Crippen molar-refractivity contribution in [2.24, 2.45) is 7.05 Å². The maximum Gasteiger partial charge on any atom is 0.228 e. The zero-order valence-corrected chi connectivity index (χ0v) is 15.2. The number of anilines is 1. The predicted molar refractivity (Wildman–Crippen MR) is 106 cm³/mol. The molecule has 2 aromatic carbocycles. The molecule has 1 amide bonds. The Labute approximate surface area is 156 Å². The summed E-state index contributed by atoms with van der Waals surface area (Å²) in [5, 5.41) is 8.26. The van der Waals surface area contributed by atoms with E-state index in [1.165, 1.54) is 0 Å². The first kappa shape index (κ1) is 16.9. The summed E-state index contributed by atoms with van der Waals surface area (Å²) in [6, 6.07) is 15.5. The highest BCUT2D eigenvalue weighted by Crippen LogP contribution is 2.32. The summed E-state index contributed by atoms with van der Waals surface area (Å²) in [4.78, 5) is 15.8. The fourth-order valence-corrected chi connectivity index (χ4v) is 3.28. The quantitative estimate of drug-likeness (QED) is 0.569. The molecule has 4 aromatic rings. The normalized spacial score (nSPS) is 10.9. The van der Waals surface area contributed by atoms with Crippen LogP contribution >= 0.6 is 0 Å². The van der Waals surface area contributed by atoms with Crippen LogP contribution in [0.4, 0.5) is 5.69 Å². The lowest BCUT2D eigenvalue weighted by Gasteiger charge is -2.12. The minimum absolute atomic E-state index is 0.0686. The largest absolute Gasteiger partial charge is 0.496 e. The van der Waals surface area contributed by atoms with Crippen molar-refractivity contribution in [2.75, 3.05) is 12.4 Å². The second-order valence-corrected chi connectivity index (χ2v) is 6.34. The number of nitrogens with one attached hydrogen (secondary N) is 2. The summed E-state index contributed by atoms with van der Waals surface area (Å²) < 4.78 is 7.23. The molecule has 6 heteroatoms. The third-order valence-corrected chi connectivity index (χ3v) is 4.61. The summed E-state index contributed by atoms with van der Waals surface area (Å²) in [6.45, 7) is 0. The molecule has 0 saturated carbocycles. The second kappa shape index (κ2) is 6.99. The number of H-pyrrole nitrogens is 1. The van der Waals surface area contributed by atoms with E-state index >= 15 is 0 Å². The summed E-state index contributed by atoms with van der Waals surface area (Å²) in [5.74, 6) is 0.661. The van der Waals surface area contributed by atoms with Crippen LogP contribution in [0.3, 0.4) is 0 Å². The van der Waals surface area contributed by atoms with Crippen LogP contribution in [0.1, 0.15) is 5.56 Å². The van der Waals surface area contributed by atoms with Crippen molar-refractivity contribution in [3.05, 3.63) is 66.5 Å². The average molecular weight is 360 g/mol. The number of carbonyl (C=O) groups is 1. The number of rotatable bonds is 5. The molecule has 0 aliphatic heterocycles. The van der Waals surface area contributed by atoms with Crippen molar-refractivity contribution in [3.8, 4) is 17.0 Å². The van der Waals surface area contributed by atoms with E-state index in [4.69, 9.17) is 4.74 Å². The number of ether oxygens (including phenoxy) is 1. The molecule has 2 heterocycles. The monoisotopic (exact) mass is 360 g/mol. The second-order valence-electron chi connectivity index (χ2n) is 6.34. The van der Waals surface area contributed by atoms with Crippen LogP contribution in [0.25, 0.3) is 22.2 Å². The molecule has 2 N–H and O–H groups in total. The van der Waals surface area contributed by atoms with Crippen molar-refractivity contribution in [3.63, 3.8) is 0 Å². The van der Waals surface area contributed by atoms with Crippen molar-refractivity contribution in [1.29, 1.82) is 0 Å². The minimum Gasteiger partial charge on any atom is -0.496 e. The zero-order valence-electron chi connectivity index (χ0n) is 15.2. The van der Waals surface area contributed by atoms with E-state index in [1.54, 1.807) is 18.0 Å². The van der Waals surface area contributed by atoms with Gasteiger partial charge in [0.25, 0.3) is 0 Å². The Morgan fingerprint density at radius 3 is 2.85 bits per heavy atom. The minimum atomic E-state index is -0.0686. The molecular formula is C21H20N4O2. The first-order valence-electron chi connectivity index (χ1n) is 8.67. The molecule has 27 heavy (non-hydrogen) atoms. The molecule has 0 fully saturated rings. The number of aromatic nitrogens is 3. The first-order valence-corrected chi connectivity index (χ1v) is 8.67. The highest BCUT2D eigenvalue weighted by Gasteiger charge is 2.13. The number of hydrogen-bond acceptors (Lipinski definition) is 3. The van der Waals surface area contributed by atoms with Crippen molar-refractivity contribution < 1.29 is 9.53 Å². The summed E-state index contributed by atoms with van der Waals surface area (Å²) in [5.41, 5.74) is 4.52. The molecule has 4 rings (SSSR count). The van der Waals surface area contributed by atoms with E-state index in [0.717, 1.165) is 39.2 Å². The fraction of sp³-hybridized carbons (Fsp3) is 0.143. The van der Waals surface area contributed by atoms with Crippen molar-refractivity contribution >= 4 is 22.5 Å². The Balaban J connectivity index is 1.57. The van der Waals surface area contributed by atoms with Gasteiger partial charge in [0, 0.05) is 41.6 Å². The van der Waals surface area contributed by atoms with Gasteiger partial charge in [-0.05, 0) is 35.9 Å². The molecule has 0 unspecified atom stereocenters. The molecule has 0 bridgehead atoms. The number of carbonyl (C=O) groups excluding carboxylic acids is 1. The average Bonchev–Trinajstić information content (AvgIpc) is 3.28. The number of aromatic amines is 1. The molecule has 0 spiro atoms. The summed E-state index contributed by atoms with van der Waals surface area (Å²) >= 11 is 0. The Morgan fingerprint density at radius 1 is 1.22 bits per heavy atom. The molecular weight excluding hydrogens is 340 g/mol. The van der Waals surface area contributed by atoms with Gasteiger partial charge in [0.2, 0.25) is 5.91 Å². The van der Waals surface area contributed by atoms with Gasteiger partial charge in [0.05, 0.1) is 19.2 Å². The number of fused-ring (bicyclic) bond motifs is 1. The van der Waals surface area contributed by atoms with Gasteiger partial charge in [0.15, 0.2) is 0 Å². The van der Waals surface area contributed by atoms with Gasteiger partial charge in [-0.15, -0.1) is 0 Å². The highest BCUT2D eigenvalue weighted by atomic mass is 16.5. The number of aryl methyl sites for hydroxylation is 1. The van der Waals surface area contributed by atoms with Crippen LogP contribution in [-0.2, 0) is 18.3 Å². The topological polar surface area (TPSA) is 71.9 Å². The number of hydrogen-bond donors (Lipinski definition) is 2. The highest BCUT2D eigenvalue weighted by molar-refractivity contribution is 5.96. The number of nitrogens with zero attached hydrogens (tertiary/aromatic N) is 2. The lowest BCUT2D eigenvalue weighted by atomic mass is 10.1. The van der Waals surface area contributed by atoms with Crippen LogP contribution in [0.15, 0.2) is 60.9 Å². The summed E-state index contributed by atoms with van der Waals surface area (Å²) in [7, 11) is 3.50. The van der Waals surface area contributed by atoms with Crippen LogP contribution in [0.5, 0.6) is 5.75 Å². The predicted octanol–water partition coefficient (Wildman–Crippen LogP) is 3.76. The first-order chi connectivity index (χ1) is 13.2. The Kier molecular flexibility index (Phi) is 4.38. The zero-order chi connectivity index (χ0) is 18.8. The van der Waals surface area contributed by atoms with Gasteiger partial charge >= 0.3 is 0 Å². The fourth-order valence-electron chi connectivity index (χ4n) is 3.28. The number of amides is 1. The third kappa shape index (κ3) is 3.29. The van der Waals surface area contributed by atoms with Crippen LogP contribution in [0.2, 0.25) is 0 Å². The lowest BCUT2D eigenvalue weighted by Crippen LogP contribution is -2.14. The smallest absolute Gasteiger partial charge is 0.228 e. The van der Waals surface area contributed by atoms with E-state index in [9.17, 15) is 4.79 Å². The van der Waals surface area contributed by atoms with Gasteiger partial charge in [-0.1, -0.05) is 18.2 Å². The van der Waals surface area contributed by atoms with E-state index in [-0.39, 0.29) is 5.91 Å².